The number of anilines is 1. The van der Waals surface area contributed by atoms with E-state index in [-0.39, 0.29) is 6.09 Å². The molecule has 1 unspecified atom stereocenters. The predicted molar refractivity (Wildman–Crippen MR) is 105 cm³/mol. The van der Waals surface area contributed by atoms with Gasteiger partial charge in [0.1, 0.15) is 6.61 Å². The van der Waals surface area contributed by atoms with Crippen LogP contribution in [0.5, 0.6) is 0 Å². The average Bonchev–Trinajstić information content (AvgIpc) is 3.11. The quantitative estimate of drug-likeness (QED) is 0.680. The zero-order chi connectivity index (χ0) is 17.5. The molecule has 3 aromatic rings. The van der Waals surface area contributed by atoms with Crippen LogP contribution < -0.4 is 4.90 Å². The summed E-state index contributed by atoms with van der Waals surface area (Å²) in [6, 6.07) is 16.7. The van der Waals surface area contributed by atoms with Gasteiger partial charge in [-0.25, -0.2) is 4.79 Å². The maximum atomic E-state index is 12.5. The number of hydrogen-bond donors (Lipinski definition) is 0. The molecule has 0 radical (unpaired) electrons. The van der Waals surface area contributed by atoms with Crippen molar-refractivity contribution in [3.63, 3.8) is 0 Å². The van der Waals surface area contributed by atoms with Crippen molar-refractivity contribution in [1.29, 1.82) is 0 Å². The van der Waals surface area contributed by atoms with Gasteiger partial charge in [-0.15, -0.1) is 11.3 Å². The van der Waals surface area contributed by atoms with Crippen molar-refractivity contribution >= 4 is 33.2 Å². The number of carbonyl (C=O) groups is 1. The highest BCUT2D eigenvalue weighted by Crippen LogP contribution is 2.40. The Kier molecular flexibility index (Phi) is 3.82. The molecule has 1 fully saturated rings. The number of amides is 1. The molecular formula is C21H20N2O2S. The van der Waals surface area contributed by atoms with E-state index >= 15 is 0 Å². The molecular weight excluding hydrogens is 344 g/mol. The fraction of sp³-hybridized carbons (Fsp3) is 0.286. The van der Waals surface area contributed by atoms with Crippen LogP contribution in [0.1, 0.15) is 11.1 Å². The highest BCUT2D eigenvalue weighted by Gasteiger charge is 2.35. The number of thiophene rings is 1. The van der Waals surface area contributed by atoms with Gasteiger partial charge in [0.25, 0.3) is 0 Å². The van der Waals surface area contributed by atoms with Gasteiger partial charge in [-0.05, 0) is 35.1 Å². The first-order chi connectivity index (χ1) is 12.8. The van der Waals surface area contributed by atoms with Gasteiger partial charge >= 0.3 is 6.09 Å². The van der Waals surface area contributed by atoms with E-state index in [0.717, 1.165) is 25.1 Å². The van der Waals surface area contributed by atoms with Crippen LogP contribution in [0.3, 0.4) is 0 Å². The molecule has 5 rings (SSSR count). The molecule has 26 heavy (non-hydrogen) atoms. The van der Waals surface area contributed by atoms with Crippen LogP contribution in [0.2, 0.25) is 0 Å². The summed E-state index contributed by atoms with van der Waals surface area (Å²) in [5, 5.41) is 3.69. The normalized spacial score (nSPS) is 18.7. The lowest BCUT2D eigenvalue weighted by molar-refractivity contribution is 0.0888. The van der Waals surface area contributed by atoms with Crippen LogP contribution in [0.25, 0.3) is 10.1 Å². The van der Waals surface area contributed by atoms with E-state index in [1.165, 1.54) is 21.3 Å². The Hall–Kier alpha value is -2.53. The summed E-state index contributed by atoms with van der Waals surface area (Å²) in [7, 11) is 0. The van der Waals surface area contributed by atoms with Gasteiger partial charge in [0, 0.05) is 35.4 Å². The molecule has 2 aliphatic rings. The van der Waals surface area contributed by atoms with E-state index in [0.29, 0.717) is 19.2 Å². The largest absolute Gasteiger partial charge is 0.445 e. The minimum absolute atomic E-state index is 0.206. The third-order valence-corrected chi connectivity index (χ3v) is 6.36. The minimum Gasteiger partial charge on any atom is -0.445 e. The van der Waals surface area contributed by atoms with E-state index in [9.17, 15) is 4.79 Å². The van der Waals surface area contributed by atoms with Crippen molar-refractivity contribution in [3.8, 4) is 0 Å². The van der Waals surface area contributed by atoms with Gasteiger partial charge < -0.3 is 14.5 Å². The van der Waals surface area contributed by atoms with E-state index < -0.39 is 0 Å². The van der Waals surface area contributed by atoms with Crippen LogP contribution in [0.4, 0.5) is 10.5 Å². The maximum absolute atomic E-state index is 12.5. The minimum atomic E-state index is -0.206. The highest BCUT2D eigenvalue weighted by molar-refractivity contribution is 7.17. The third-order valence-electron chi connectivity index (χ3n) is 5.36. The second-order valence-corrected chi connectivity index (χ2v) is 7.86. The fourth-order valence-corrected chi connectivity index (χ4v) is 5.09. The predicted octanol–water partition coefficient (Wildman–Crippen LogP) is 4.28. The number of hydrogen-bond acceptors (Lipinski definition) is 4. The molecule has 0 aliphatic carbocycles. The second-order valence-electron chi connectivity index (χ2n) is 6.95. The number of rotatable bonds is 2. The molecule has 1 atom stereocenters. The third kappa shape index (κ3) is 2.63. The molecule has 4 nitrogen and oxygen atoms in total. The van der Waals surface area contributed by atoms with E-state index in [1.807, 2.05) is 46.6 Å². The van der Waals surface area contributed by atoms with E-state index in [1.54, 1.807) is 0 Å². The van der Waals surface area contributed by atoms with Crippen LogP contribution in [0.15, 0.2) is 53.9 Å². The lowest BCUT2D eigenvalue weighted by Gasteiger charge is -2.44. The van der Waals surface area contributed by atoms with Crippen molar-refractivity contribution in [2.75, 3.05) is 24.5 Å². The Morgan fingerprint density at radius 1 is 1.12 bits per heavy atom. The van der Waals surface area contributed by atoms with Gasteiger partial charge in [0.15, 0.2) is 0 Å². The summed E-state index contributed by atoms with van der Waals surface area (Å²) in [6.45, 7) is 2.62. The Labute approximate surface area is 156 Å². The zero-order valence-corrected chi connectivity index (χ0v) is 15.2. The number of nitrogens with zero attached hydrogens (tertiary/aromatic N) is 2. The number of piperazine rings is 1. The second kappa shape index (κ2) is 6.32. The summed E-state index contributed by atoms with van der Waals surface area (Å²) in [4.78, 5) is 16.9. The number of ether oxygens (including phenoxy) is 1. The average molecular weight is 364 g/mol. The van der Waals surface area contributed by atoms with Crippen molar-refractivity contribution in [1.82, 2.24) is 4.90 Å². The van der Waals surface area contributed by atoms with Crippen LogP contribution >= 0.6 is 11.3 Å². The monoisotopic (exact) mass is 364 g/mol. The fourth-order valence-electron chi connectivity index (χ4n) is 4.10. The van der Waals surface area contributed by atoms with Crippen LogP contribution in [0, 0.1) is 0 Å². The lowest BCUT2D eigenvalue weighted by atomic mass is 9.94. The first kappa shape index (κ1) is 15.7. The Morgan fingerprint density at radius 3 is 2.88 bits per heavy atom. The summed E-state index contributed by atoms with van der Waals surface area (Å²) in [5.41, 5.74) is 3.76. The summed E-state index contributed by atoms with van der Waals surface area (Å²) in [6.07, 6.45) is 0.794. The Bertz CT molecular complexity index is 953. The molecule has 1 amide bonds. The van der Waals surface area contributed by atoms with E-state index in [4.69, 9.17) is 4.74 Å². The smallest absolute Gasteiger partial charge is 0.410 e. The molecule has 1 saturated heterocycles. The lowest BCUT2D eigenvalue weighted by Crippen LogP contribution is -2.56. The SMILES string of the molecule is O=C(OCc1ccccc1)N1CCN2c3cccc4scc(c34)CC2C1. The molecule has 5 heteroatoms. The summed E-state index contributed by atoms with van der Waals surface area (Å²) >= 11 is 1.82. The first-order valence-electron chi connectivity index (χ1n) is 9.01. The number of benzene rings is 2. The van der Waals surface area contributed by atoms with Crippen LogP contribution in [-0.4, -0.2) is 36.7 Å². The maximum Gasteiger partial charge on any atom is 0.410 e. The molecule has 3 heterocycles. The molecule has 0 saturated carbocycles. The molecule has 1 aromatic heterocycles. The van der Waals surface area contributed by atoms with Crippen LogP contribution in [-0.2, 0) is 17.8 Å². The summed E-state index contributed by atoms with van der Waals surface area (Å²) in [5.74, 6) is 0. The van der Waals surface area contributed by atoms with E-state index in [2.05, 4.69) is 28.5 Å². The molecule has 0 bridgehead atoms. The van der Waals surface area contributed by atoms with Crippen molar-refractivity contribution in [3.05, 3.63) is 65.0 Å². The topological polar surface area (TPSA) is 32.8 Å². The molecule has 2 aromatic carbocycles. The van der Waals surface area contributed by atoms with Gasteiger partial charge in [0.05, 0.1) is 6.04 Å². The first-order valence-corrected chi connectivity index (χ1v) is 9.89. The Balaban J connectivity index is 1.30. The van der Waals surface area contributed by atoms with Crippen molar-refractivity contribution in [2.45, 2.75) is 19.1 Å². The van der Waals surface area contributed by atoms with Gasteiger partial charge in [-0.3, -0.25) is 0 Å². The number of carbonyl (C=O) groups excluding carboxylic acids is 1. The van der Waals surface area contributed by atoms with Crippen molar-refractivity contribution in [2.24, 2.45) is 0 Å². The molecule has 2 aliphatic heterocycles. The highest BCUT2D eigenvalue weighted by atomic mass is 32.1. The molecule has 0 spiro atoms. The standard InChI is InChI=1S/C21H20N2O2S/c24-21(25-13-15-5-2-1-3-6-15)22-9-10-23-17(12-22)11-16-14-26-19-8-4-7-18(23)20(16)19/h1-8,14,17H,9-13H2. The van der Waals surface area contributed by atoms with Crippen molar-refractivity contribution < 1.29 is 9.53 Å². The Morgan fingerprint density at radius 2 is 2.00 bits per heavy atom. The van der Waals surface area contributed by atoms with Gasteiger partial charge in [-0.2, -0.15) is 0 Å². The molecule has 132 valence electrons. The molecule has 0 N–H and O–H groups in total. The van der Waals surface area contributed by atoms with Gasteiger partial charge in [-0.1, -0.05) is 36.4 Å². The number of fused-ring (bicyclic) bond motifs is 2. The summed E-state index contributed by atoms with van der Waals surface area (Å²) < 4.78 is 6.89. The van der Waals surface area contributed by atoms with Gasteiger partial charge in [0.2, 0.25) is 0 Å². The zero-order valence-electron chi connectivity index (χ0n) is 14.4.